The molecule has 0 unspecified atom stereocenters. The van der Waals surface area contributed by atoms with Crippen LogP contribution in [0.5, 0.6) is 17.2 Å². The molecule has 0 N–H and O–H groups in total. The molecule has 0 saturated heterocycles. The lowest BCUT2D eigenvalue weighted by atomic mass is 10.1. The van der Waals surface area contributed by atoms with E-state index in [9.17, 15) is 30.3 Å². The molecule has 0 aromatic heterocycles. The van der Waals surface area contributed by atoms with E-state index in [4.69, 9.17) is 14.2 Å². The van der Waals surface area contributed by atoms with E-state index < -0.39 is 31.8 Å². The van der Waals surface area contributed by atoms with Crippen LogP contribution in [0.1, 0.15) is 22.3 Å². The van der Waals surface area contributed by atoms with E-state index in [2.05, 4.69) is 0 Å². The summed E-state index contributed by atoms with van der Waals surface area (Å²) in [6.45, 7) is 0. The topological polar surface area (TPSA) is 157 Å². The van der Waals surface area contributed by atoms with Crippen molar-refractivity contribution in [3.8, 4) is 17.2 Å². The second-order valence-corrected chi connectivity index (χ2v) is 7.45. The van der Waals surface area contributed by atoms with Gasteiger partial charge in [0.2, 0.25) is 0 Å². The van der Waals surface area contributed by atoms with E-state index >= 15 is 0 Å². The summed E-state index contributed by atoms with van der Waals surface area (Å²) in [5.41, 5.74) is -0.450. The van der Waals surface area contributed by atoms with E-state index in [1.54, 1.807) is 36.4 Å². The van der Waals surface area contributed by atoms with Gasteiger partial charge >= 0.3 is 0 Å². The fourth-order valence-corrected chi connectivity index (χ4v) is 3.46. The molecule has 3 rings (SSSR count). The molecule has 0 aliphatic rings. The summed E-state index contributed by atoms with van der Waals surface area (Å²) in [4.78, 5) is 31.2. The predicted octanol–water partition coefficient (Wildman–Crippen LogP) is 5.78. The Balaban J connectivity index is 1.92. The first-order chi connectivity index (χ1) is 17.7. The third-order valence-corrected chi connectivity index (χ3v) is 5.30. The maximum Gasteiger partial charge on any atom is 0.290 e. The van der Waals surface area contributed by atoms with Crippen molar-refractivity contribution < 1.29 is 29.0 Å². The van der Waals surface area contributed by atoms with E-state index in [1.165, 1.54) is 33.5 Å². The van der Waals surface area contributed by atoms with Crippen LogP contribution in [0.15, 0.2) is 48.5 Å². The molecule has 190 valence electrons. The van der Waals surface area contributed by atoms with Gasteiger partial charge in [0.05, 0.1) is 53.8 Å². The lowest BCUT2D eigenvalue weighted by Gasteiger charge is -2.12. The molecule has 0 spiro atoms. The fraction of sp³-hybridized carbons (Fsp3) is 0.120. The van der Waals surface area contributed by atoms with E-state index in [1.807, 2.05) is 12.2 Å². The van der Waals surface area contributed by atoms with Gasteiger partial charge in [0.15, 0.2) is 0 Å². The monoisotopic (exact) mass is 507 g/mol. The number of nitro benzene ring substituents is 3. The second-order valence-electron chi connectivity index (χ2n) is 7.45. The van der Waals surface area contributed by atoms with Crippen molar-refractivity contribution in [3.05, 3.63) is 101 Å². The predicted molar refractivity (Wildman–Crippen MR) is 137 cm³/mol. The van der Waals surface area contributed by atoms with E-state index in [-0.39, 0.29) is 5.56 Å². The van der Waals surface area contributed by atoms with Crippen molar-refractivity contribution in [1.82, 2.24) is 0 Å². The Bertz CT molecular complexity index is 1350. The molecule has 12 nitrogen and oxygen atoms in total. The average molecular weight is 507 g/mol. The molecular formula is C25H21N3O9. The largest absolute Gasteiger partial charge is 0.496 e. The molecule has 0 saturated carbocycles. The smallest absolute Gasteiger partial charge is 0.290 e. The SMILES string of the molecule is COc1cc(OC)c(/C=C/c2ccc(/C=C/c3c([N+](=O)[O-])cc([N+](=O)[O-])cc3[N+](=O)[O-])cc2)c(OC)c1. The number of hydrogen-bond donors (Lipinski definition) is 0. The molecular weight excluding hydrogens is 486 g/mol. The van der Waals surface area contributed by atoms with Crippen LogP contribution >= 0.6 is 0 Å². The zero-order valence-electron chi connectivity index (χ0n) is 19.9. The van der Waals surface area contributed by atoms with E-state index in [0.717, 1.165) is 5.56 Å². The summed E-state index contributed by atoms with van der Waals surface area (Å²) < 4.78 is 16.1. The highest BCUT2D eigenvalue weighted by molar-refractivity contribution is 5.82. The van der Waals surface area contributed by atoms with Gasteiger partial charge < -0.3 is 14.2 Å². The minimum Gasteiger partial charge on any atom is -0.496 e. The van der Waals surface area contributed by atoms with Crippen LogP contribution in [-0.2, 0) is 0 Å². The summed E-state index contributed by atoms with van der Waals surface area (Å²) in [6, 6.07) is 11.8. The molecule has 0 fully saturated rings. The number of non-ortho nitro benzene ring substituents is 1. The second kappa shape index (κ2) is 11.4. The Morgan fingerprint density at radius 3 is 1.38 bits per heavy atom. The number of ether oxygens (including phenoxy) is 3. The molecule has 37 heavy (non-hydrogen) atoms. The minimum atomic E-state index is -0.920. The van der Waals surface area contributed by atoms with Gasteiger partial charge in [-0.15, -0.1) is 0 Å². The van der Waals surface area contributed by atoms with Gasteiger partial charge in [0.1, 0.15) is 22.8 Å². The molecule has 3 aromatic rings. The van der Waals surface area contributed by atoms with Crippen molar-refractivity contribution >= 4 is 41.4 Å². The quantitative estimate of drug-likeness (QED) is 0.188. The van der Waals surface area contributed by atoms with Crippen LogP contribution in [0.4, 0.5) is 17.1 Å². The van der Waals surface area contributed by atoms with Crippen molar-refractivity contribution in [3.63, 3.8) is 0 Å². The molecule has 0 aliphatic heterocycles. The summed E-state index contributed by atoms with van der Waals surface area (Å²) in [5.74, 6) is 1.69. The summed E-state index contributed by atoms with van der Waals surface area (Å²) in [7, 11) is 4.61. The number of nitrogens with zero attached hydrogens (tertiary/aromatic N) is 3. The highest BCUT2D eigenvalue weighted by Gasteiger charge is 2.28. The molecule has 0 amide bonds. The molecule has 0 aliphatic carbocycles. The van der Waals surface area contributed by atoms with Crippen molar-refractivity contribution in [1.29, 1.82) is 0 Å². The van der Waals surface area contributed by atoms with Crippen molar-refractivity contribution in [2.24, 2.45) is 0 Å². The summed E-state index contributed by atoms with van der Waals surface area (Å²) >= 11 is 0. The highest BCUT2D eigenvalue weighted by atomic mass is 16.6. The van der Waals surface area contributed by atoms with Crippen LogP contribution in [0.2, 0.25) is 0 Å². The Hall–Kier alpha value is -5.26. The Morgan fingerprint density at radius 2 is 1.03 bits per heavy atom. The molecule has 0 atom stereocenters. The molecule has 0 radical (unpaired) electrons. The Morgan fingerprint density at radius 1 is 0.595 bits per heavy atom. The Labute approximate surface area is 210 Å². The van der Waals surface area contributed by atoms with Crippen LogP contribution in [0, 0.1) is 30.3 Å². The van der Waals surface area contributed by atoms with Crippen LogP contribution < -0.4 is 14.2 Å². The zero-order chi connectivity index (χ0) is 27.1. The number of rotatable bonds is 10. The standard InChI is InChI=1S/C25H21N3O9/c1-35-19-14-24(36-2)21(25(15-19)37-3)11-9-17-6-4-16(5-7-17)8-10-20-22(27(31)32)12-18(26(29)30)13-23(20)28(33)34/h4-15H,1-3H3/b10-8+,11-9+. The average Bonchev–Trinajstić information content (AvgIpc) is 2.89. The van der Waals surface area contributed by atoms with Crippen molar-refractivity contribution in [2.45, 2.75) is 0 Å². The van der Waals surface area contributed by atoms with Crippen LogP contribution in [0.3, 0.4) is 0 Å². The third kappa shape index (κ3) is 6.06. The van der Waals surface area contributed by atoms with Crippen LogP contribution in [-0.4, -0.2) is 36.1 Å². The van der Waals surface area contributed by atoms with E-state index in [0.29, 0.717) is 40.5 Å². The molecule has 0 heterocycles. The van der Waals surface area contributed by atoms with Crippen molar-refractivity contribution in [2.75, 3.05) is 21.3 Å². The van der Waals surface area contributed by atoms with Gasteiger partial charge in [-0.25, -0.2) is 0 Å². The van der Waals surface area contributed by atoms with Gasteiger partial charge in [0, 0.05) is 12.1 Å². The van der Waals surface area contributed by atoms with Gasteiger partial charge in [-0.1, -0.05) is 36.4 Å². The number of methoxy groups -OCH3 is 3. The van der Waals surface area contributed by atoms with Crippen LogP contribution in [0.25, 0.3) is 24.3 Å². The highest BCUT2D eigenvalue weighted by Crippen LogP contribution is 2.36. The summed E-state index contributed by atoms with van der Waals surface area (Å²) in [6.07, 6.45) is 6.28. The number of hydrogen-bond acceptors (Lipinski definition) is 9. The first kappa shape index (κ1) is 26.3. The van der Waals surface area contributed by atoms with Gasteiger partial charge in [-0.2, -0.15) is 0 Å². The summed E-state index contributed by atoms with van der Waals surface area (Å²) in [5, 5.41) is 33.9. The molecule has 3 aromatic carbocycles. The fourth-order valence-electron chi connectivity index (χ4n) is 3.46. The molecule has 12 heteroatoms. The zero-order valence-corrected chi connectivity index (χ0v) is 19.9. The van der Waals surface area contributed by atoms with Gasteiger partial charge in [-0.3, -0.25) is 30.3 Å². The number of nitro groups is 3. The van der Waals surface area contributed by atoms with Gasteiger partial charge in [0.25, 0.3) is 17.1 Å². The normalized spacial score (nSPS) is 11.0. The first-order valence-corrected chi connectivity index (χ1v) is 10.6. The number of benzene rings is 3. The lowest BCUT2D eigenvalue weighted by molar-refractivity contribution is -0.403. The third-order valence-electron chi connectivity index (χ3n) is 5.30. The lowest BCUT2D eigenvalue weighted by Crippen LogP contribution is -2.00. The maximum absolute atomic E-state index is 11.4. The first-order valence-electron chi connectivity index (χ1n) is 10.6. The maximum atomic E-state index is 11.4. The van der Waals surface area contributed by atoms with Gasteiger partial charge in [-0.05, 0) is 23.3 Å². The molecule has 0 bridgehead atoms. The Kier molecular flexibility index (Phi) is 8.15. The minimum absolute atomic E-state index is 0.344.